The molecule has 3 N–H and O–H groups in total. The number of nitrogens with two attached hydrogens (primary N) is 1. The molecule has 214 valence electrons. The van der Waals surface area contributed by atoms with Gasteiger partial charge >= 0.3 is 12.4 Å². The molecule has 0 atom stereocenters. The van der Waals surface area contributed by atoms with E-state index in [1.165, 1.54) is 5.01 Å². The number of alkyl halides is 6. The van der Waals surface area contributed by atoms with Crippen LogP contribution in [-0.4, -0.2) is 71.2 Å². The van der Waals surface area contributed by atoms with Crippen molar-refractivity contribution in [3.63, 3.8) is 0 Å². The zero-order valence-corrected chi connectivity index (χ0v) is 24.3. The monoisotopic (exact) mass is 622 g/mol. The minimum atomic E-state index is -4.28. The summed E-state index contributed by atoms with van der Waals surface area (Å²) < 4.78 is 71.2. The Morgan fingerprint density at radius 3 is 1.41 bits per heavy atom. The first-order valence-electron chi connectivity index (χ1n) is 11.0. The Bertz CT molecular complexity index is 683. The number of carbonyl (C=O) groups excluding carboxylic acids is 2. The number of ketones is 2. The van der Waals surface area contributed by atoms with Crippen LogP contribution in [0.4, 0.5) is 26.3 Å². The quantitative estimate of drug-likeness (QED) is 0.186. The maximum atomic E-state index is 11.9. The molecule has 2 saturated heterocycles. The molecule has 0 unspecified atom stereocenters. The Morgan fingerprint density at radius 1 is 0.838 bits per heavy atom. The maximum Gasteiger partial charge on any atom is 0.389 e. The Hall–Kier alpha value is -1.38. The summed E-state index contributed by atoms with van der Waals surface area (Å²) in [4.78, 5) is 41.9. The van der Waals surface area contributed by atoms with Crippen LogP contribution in [0.1, 0.15) is 58.3 Å². The summed E-state index contributed by atoms with van der Waals surface area (Å²) in [6.07, 6.45) is -9.43. The van der Waals surface area contributed by atoms with Gasteiger partial charge in [0.2, 0.25) is 0 Å². The van der Waals surface area contributed by atoms with Gasteiger partial charge in [0.25, 0.3) is 5.97 Å². The fraction of sp³-hybridized carbons (Fsp3) is 0.850. The Labute approximate surface area is 229 Å². The van der Waals surface area contributed by atoms with E-state index in [-0.39, 0.29) is 55.3 Å². The number of hydrogen-bond donors (Lipinski definition) is 2. The summed E-state index contributed by atoms with van der Waals surface area (Å²) >= 11 is 0. The molecule has 2 rings (SSSR count). The number of carboxylic acid groups (broad SMARTS) is 1. The van der Waals surface area contributed by atoms with Crippen molar-refractivity contribution in [2.75, 3.05) is 26.2 Å². The van der Waals surface area contributed by atoms with Crippen molar-refractivity contribution in [2.24, 2.45) is 23.0 Å². The molecular weight excluding hydrogens is 591 g/mol. The number of carbonyl (C=O) groups is 3. The fourth-order valence-corrected chi connectivity index (χ4v) is 3.43. The standard InChI is InChI=1S/C9H13F3N2O2.C9H15F3N2O.C2H4O2.ClH.Zn/c10-9(11,12)4-1-8(15)7-2-5-14(13-16)6-3-7;10-9(11,12)4-1-8(15)7-2-5-14(13)6-3-7;1-2(3)4;;/h7H,1-6H2;7H,1-6,13H2;1H3,(H,3,4);1H;. The molecule has 2 fully saturated rings. The second kappa shape index (κ2) is 19.7. The van der Waals surface area contributed by atoms with E-state index in [0.29, 0.717) is 51.9 Å². The van der Waals surface area contributed by atoms with Gasteiger partial charge in [-0.2, -0.15) is 26.3 Å². The molecule has 0 amide bonds. The second-order valence-corrected chi connectivity index (χ2v) is 8.30. The van der Waals surface area contributed by atoms with Gasteiger partial charge in [-0.25, -0.2) is 5.01 Å². The van der Waals surface area contributed by atoms with Crippen LogP contribution < -0.4 is 5.84 Å². The first-order valence-corrected chi connectivity index (χ1v) is 11.0. The van der Waals surface area contributed by atoms with Crippen molar-refractivity contribution in [1.29, 1.82) is 0 Å². The molecule has 0 radical (unpaired) electrons. The number of nitrogens with zero attached hydrogens (tertiary/aromatic N) is 3. The molecule has 17 heteroatoms. The fourth-order valence-electron chi connectivity index (χ4n) is 3.43. The van der Waals surface area contributed by atoms with Crippen molar-refractivity contribution in [2.45, 2.75) is 70.6 Å². The van der Waals surface area contributed by atoms with Gasteiger partial charge in [-0.15, -0.1) is 17.3 Å². The Balaban J connectivity index is -0.000000522. The average molecular weight is 624 g/mol. The van der Waals surface area contributed by atoms with E-state index in [0.717, 1.165) is 6.92 Å². The van der Waals surface area contributed by atoms with E-state index in [2.05, 4.69) is 5.29 Å². The van der Waals surface area contributed by atoms with Crippen molar-refractivity contribution in [3.8, 4) is 0 Å². The molecule has 0 saturated carbocycles. The number of hydrogen-bond acceptors (Lipinski definition) is 7. The number of aliphatic carboxylic acids is 1. The molecule has 0 aliphatic carbocycles. The van der Waals surface area contributed by atoms with Gasteiger partial charge in [0, 0.05) is 77.3 Å². The predicted octanol–water partition coefficient (Wildman–Crippen LogP) is 4.29. The Morgan fingerprint density at radius 2 is 1.14 bits per heavy atom. The van der Waals surface area contributed by atoms with Gasteiger partial charge < -0.3 is 5.11 Å². The smallest absolute Gasteiger partial charge is 0.389 e. The van der Waals surface area contributed by atoms with Crippen LogP contribution in [0, 0.1) is 16.7 Å². The van der Waals surface area contributed by atoms with Gasteiger partial charge in [-0.1, -0.05) is 0 Å². The largest absolute Gasteiger partial charge is 0.481 e. The number of rotatable bonds is 7. The van der Waals surface area contributed by atoms with Crippen molar-refractivity contribution in [3.05, 3.63) is 4.91 Å². The third-order valence-corrected chi connectivity index (χ3v) is 5.34. The van der Waals surface area contributed by atoms with Crippen LogP contribution >= 0.6 is 12.4 Å². The SMILES string of the molecule is CC(=O)O.Cl.NN1CCC(C(=O)CCC(F)(F)F)CC1.O=NN1CCC(C(=O)CCC(F)(F)F)CC1.[Zn]. The van der Waals surface area contributed by atoms with Crippen LogP contribution in [0.25, 0.3) is 0 Å². The van der Waals surface area contributed by atoms with E-state index in [1.54, 1.807) is 5.01 Å². The molecule has 37 heavy (non-hydrogen) atoms. The average Bonchev–Trinajstić information content (AvgIpc) is 2.75. The normalized spacial score (nSPS) is 17.0. The first-order chi connectivity index (χ1) is 16.0. The van der Waals surface area contributed by atoms with E-state index in [1.807, 2.05) is 0 Å². The van der Waals surface area contributed by atoms with Crippen molar-refractivity contribution >= 4 is 29.9 Å². The maximum absolute atomic E-state index is 11.9. The molecule has 0 bridgehead atoms. The summed E-state index contributed by atoms with van der Waals surface area (Å²) in [6, 6.07) is 0. The number of hydrazine groups is 1. The summed E-state index contributed by atoms with van der Waals surface area (Å²) in [5, 5.41) is 13.0. The number of piperidine rings is 2. The van der Waals surface area contributed by atoms with Crippen molar-refractivity contribution in [1.82, 2.24) is 10.0 Å². The topological polar surface area (TPSA) is 133 Å². The minimum Gasteiger partial charge on any atom is -0.481 e. The molecule has 0 aromatic heterocycles. The molecule has 2 aliphatic rings. The van der Waals surface area contributed by atoms with Gasteiger partial charge in [0.15, 0.2) is 0 Å². The summed E-state index contributed by atoms with van der Waals surface area (Å²) in [7, 11) is 0. The molecule has 2 aliphatic heterocycles. The third kappa shape index (κ3) is 22.3. The summed E-state index contributed by atoms with van der Waals surface area (Å²) in [5.74, 6) is 3.44. The first kappa shape index (κ1) is 40.1. The van der Waals surface area contributed by atoms with Crippen LogP contribution in [0.5, 0.6) is 0 Å². The predicted molar refractivity (Wildman–Crippen MR) is 120 cm³/mol. The number of Topliss-reactive ketones (excluding diaryl/α,β-unsaturated/α-hetero) is 2. The molecular formula is C20H33ClF6N4O5Zn. The number of carboxylic acids is 1. The van der Waals surface area contributed by atoms with Gasteiger partial charge in [0.05, 0.1) is 18.1 Å². The van der Waals surface area contributed by atoms with Gasteiger partial charge in [0.1, 0.15) is 11.6 Å². The van der Waals surface area contributed by atoms with Gasteiger partial charge in [-0.05, 0) is 25.7 Å². The second-order valence-electron chi connectivity index (χ2n) is 8.30. The van der Waals surface area contributed by atoms with Crippen LogP contribution in [0.15, 0.2) is 5.29 Å². The molecule has 0 spiro atoms. The molecule has 9 nitrogen and oxygen atoms in total. The van der Waals surface area contributed by atoms with E-state index >= 15 is 0 Å². The zero-order chi connectivity index (χ0) is 27.2. The molecule has 2 heterocycles. The van der Waals surface area contributed by atoms with Crippen LogP contribution in [-0.2, 0) is 33.9 Å². The van der Waals surface area contributed by atoms with Crippen LogP contribution in [0.2, 0.25) is 0 Å². The number of nitroso groups, excluding NO2 is 1. The third-order valence-electron chi connectivity index (χ3n) is 5.34. The molecule has 0 aromatic rings. The zero-order valence-electron chi connectivity index (χ0n) is 20.5. The Kier molecular flexibility index (Phi) is 21.3. The van der Waals surface area contributed by atoms with E-state index in [4.69, 9.17) is 15.7 Å². The van der Waals surface area contributed by atoms with Gasteiger partial charge in [-0.3, -0.25) is 25.2 Å². The van der Waals surface area contributed by atoms with Crippen molar-refractivity contribution < 1.29 is 65.3 Å². The minimum absolute atomic E-state index is 0. The summed E-state index contributed by atoms with van der Waals surface area (Å²) in [5.41, 5.74) is 0. The van der Waals surface area contributed by atoms with E-state index in [9.17, 15) is 40.8 Å². The summed E-state index contributed by atoms with van der Waals surface area (Å²) in [6.45, 7) is 2.96. The van der Waals surface area contributed by atoms with Crippen LogP contribution in [0.3, 0.4) is 0 Å². The van der Waals surface area contributed by atoms with E-state index < -0.39 is 44.0 Å². The number of halogens is 7. The molecule has 0 aromatic carbocycles.